The van der Waals surface area contributed by atoms with Crippen LogP contribution in [-0.4, -0.2) is 24.0 Å². The number of rotatable bonds is 2. The summed E-state index contributed by atoms with van der Waals surface area (Å²) in [5.41, 5.74) is 4.01. The number of piperidine rings is 1. The molecule has 1 atom stereocenters. The van der Waals surface area contributed by atoms with Crippen LogP contribution in [0.2, 0.25) is 0 Å². The van der Waals surface area contributed by atoms with Gasteiger partial charge in [0.1, 0.15) is 0 Å². The van der Waals surface area contributed by atoms with Crippen LogP contribution in [0.1, 0.15) is 60.4 Å². The molecule has 2 aliphatic rings. The van der Waals surface area contributed by atoms with Crippen LogP contribution in [0.4, 0.5) is 13.2 Å². The minimum atomic E-state index is -4.30. The van der Waals surface area contributed by atoms with Gasteiger partial charge in [0.2, 0.25) is 0 Å². The van der Waals surface area contributed by atoms with Crippen LogP contribution in [0.5, 0.6) is 0 Å². The van der Waals surface area contributed by atoms with Crippen molar-refractivity contribution in [2.24, 2.45) is 5.92 Å². The summed E-state index contributed by atoms with van der Waals surface area (Å²) in [6.07, 6.45) is -0.520. The molecule has 150 valence electrons. The fourth-order valence-corrected chi connectivity index (χ4v) is 5.07. The molecular formula is C24H28F3N. The molecule has 0 spiro atoms. The van der Waals surface area contributed by atoms with Crippen molar-refractivity contribution in [2.75, 3.05) is 13.1 Å². The van der Waals surface area contributed by atoms with Crippen LogP contribution in [0.25, 0.3) is 0 Å². The van der Waals surface area contributed by atoms with E-state index in [0.717, 1.165) is 49.9 Å². The first-order chi connectivity index (χ1) is 13.3. The second-order valence-corrected chi connectivity index (χ2v) is 8.55. The normalized spacial score (nSPS) is 21.3. The Kier molecular flexibility index (Phi) is 5.26. The molecule has 0 aromatic heterocycles. The summed E-state index contributed by atoms with van der Waals surface area (Å²) in [6.45, 7) is 6.48. The maximum absolute atomic E-state index is 13.5. The summed E-state index contributed by atoms with van der Waals surface area (Å²) in [6, 6.07) is 13.3. The lowest BCUT2D eigenvalue weighted by Crippen LogP contribution is -2.40. The molecule has 1 aliphatic carbocycles. The summed E-state index contributed by atoms with van der Waals surface area (Å²) in [7, 11) is 0. The Labute approximate surface area is 165 Å². The van der Waals surface area contributed by atoms with E-state index < -0.39 is 11.7 Å². The van der Waals surface area contributed by atoms with E-state index in [1.165, 1.54) is 23.3 Å². The number of halogens is 3. The van der Waals surface area contributed by atoms with Crippen molar-refractivity contribution < 1.29 is 13.2 Å². The van der Waals surface area contributed by atoms with Crippen LogP contribution in [-0.2, 0) is 19.0 Å². The molecule has 0 amide bonds. The second kappa shape index (κ2) is 7.55. The number of benzene rings is 2. The predicted octanol–water partition coefficient (Wildman–Crippen LogP) is 6.06. The zero-order valence-corrected chi connectivity index (χ0v) is 16.6. The molecule has 0 bridgehead atoms. The quantitative estimate of drug-likeness (QED) is 0.606. The average molecular weight is 387 g/mol. The van der Waals surface area contributed by atoms with Gasteiger partial charge in [-0.15, -0.1) is 0 Å². The van der Waals surface area contributed by atoms with Crippen molar-refractivity contribution in [3.05, 3.63) is 70.3 Å². The van der Waals surface area contributed by atoms with E-state index in [1.54, 1.807) is 6.07 Å². The Bertz CT molecular complexity index is 832. The topological polar surface area (TPSA) is 3.24 Å². The number of hydrogen-bond donors (Lipinski definition) is 0. The number of alkyl halides is 3. The molecular weight excluding hydrogens is 359 g/mol. The third kappa shape index (κ3) is 3.71. The number of likely N-dealkylation sites (tertiary alicyclic amines) is 1. The van der Waals surface area contributed by atoms with Gasteiger partial charge in [0.05, 0.1) is 5.56 Å². The van der Waals surface area contributed by atoms with E-state index >= 15 is 0 Å². The highest BCUT2D eigenvalue weighted by atomic mass is 19.4. The van der Waals surface area contributed by atoms with Crippen molar-refractivity contribution >= 4 is 0 Å². The van der Waals surface area contributed by atoms with Crippen molar-refractivity contribution in [1.82, 2.24) is 4.90 Å². The first kappa shape index (κ1) is 19.5. The molecule has 2 aromatic carbocycles. The Morgan fingerprint density at radius 3 is 2.18 bits per heavy atom. The summed E-state index contributed by atoms with van der Waals surface area (Å²) in [5, 5.41) is 0. The van der Waals surface area contributed by atoms with Gasteiger partial charge in [0.15, 0.2) is 0 Å². The lowest BCUT2D eigenvalue weighted by Gasteiger charge is -2.39. The molecule has 4 heteroatoms. The maximum Gasteiger partial charge on any atom is 0.416 e. The van der Waals surface area contributed by atoms with Crippen LogP contribution in [0.15, 0.2) is 42.5 Å². The smallest absolute Gasteiger partial charge is 0.301 e. The SMILES string of the molecule is CC(C)N1CCC(C2c3ccccc3CCc3ccc(C(F)(F)F)cc32)CC1. The molecule has 4 rings (SSSR count). The lowest BCUT2D eigenvalue weighted by atomic mass is 9.74. The number of fused-ring (bicyclic) bond motifs is 2. The monoisotopic (exact) mass is 387 g/mol. The summed E-state index contributed by atoms with van der Waals surface area (Å²) < 4.78 is 40.4. The number of hydrogen-bond acceptors (Lipinski definition) is 1. The van der Waals surface area contributed by atoms with Crippen LogP contribution < -0.4 is 0 Å². The minimum Gasteiger partial charge on any atom is -0.301 e. The minimum absolute atomic E-state index is 0.0605. The van der Waals surface area contributed by atoms with Crippen molar-refractivity contribution in [3.8, 4) is 0 Å². The van der Waals surface area contributed by atoms with Gasteiger partial charge >= 0.3 is 6.18 Å². The molecule has 1 unspecified atom stereocenters. The standard InChI is InChI=1S/C24H28F3N/c1-16(2)28-13-11-19(12-14-28)23-21-6-4-3-5-17(21)7-8-18-9-10-20(15-22(18)23)24(25,26)27/h3-6,9-10,15-16,19,23H,7-8,11-14H2,1-2H3. The number of nitrogens with zero attached hydrogens (tertiary/aromatic N) is 1. The molecule has 0 radical (unpaired) electrons. The Balaban J connectivity index is 1.78. The summed E-state index contributed by atoms with van der Waals surface area (Å²) in [4.78, 5) is 2.48. The highest BCUT2D eigenvalue weighted by Gasteiger charge is 2.36. The Morgan fingerprint density at radius 2 is 1.54 bits per heavy atom. The second-order valence-electron chi connectivity index (χ2n) is 8.55. The highest BCUT2D eigenvalue weighted by molar-refractivity contribution is 5.47. The van der Waals surface area contributed by atoms with E-state index in [1.807, 2.05) is 12.1 Å². The van der Waals surface area contributed by atoms with E-state index in [4.69, 9.17) is 0 Å². The molecule has 1 nitrogen and oxygen atoms in total. The van der Waals surface area contributed by atoms with E-state index in [0.29, 0.717) is 12.0 Å². The third-order valence-corrected chi connectivity index (χ3v) is 6.64. The largest absolute Gasteiger partial charge is 0.416 e. The molecule has 0 N–H and O–H groups in total. The molecule has 1 heterocycles. The van der Waals surface area contributed by atoms with Gasteiger partial charge in [0, 0.05) is 12.0 Å². The fraction of sp³-hybridized carbons (Fsp3) is 0.500. The van der Waals surface area contributed by atoms with Crippen LogP contribution >= 0.6 is 0 Å². The zero-order chi connectivity index (χ0) is 19.9. The van der Waals surface area contributed by atoms with Crippen LogP contribution in [0.3, 0.4) is 0 Å². The van der Waals surface area contributed by atoms with Gasteiger partial charge in [0.25, 0.3) is 0 Å². The molecule has 1 aliphatic heterocycles. The Morgan fingerprint density at radius 1 is 0.893 bits per heavy atom. The van der Waals surface area contributed by atoms with Gasteiger partial charge in [-0.2, -0.15) is 13.2 Å². The molecule has 2 aromatic rings. The van der Waals surface area contributed by atoms with Crippen molar-refractivity contribution in [2.45, 2.75) is 57.7 Å². The van der Waals surface area contributed by atoms with Gasteiger partial charge < -0.3 is 4.90 Å². The van der Waals surface area contributed by atoms with Crippen molar-refractivity contribution in [1.29, 1.82) is 0 Å². The molecule has 1 saturated heterocycles. The van der Waals surface area contributed by atoms with E-state index in [9.17, 15) is 13.2 Å². The predicted molar refractivity (Wildman–Crippen MR) is 107 cm³/mol. The first-order valence-electron chi connectivity index (χ1n) is 10.4. The first-order valence-corrected chi connectivity index (χ1v) is 10.4. The lowest BCUT2D eigenvalue weighted by molar-refractivity contribution is -0.137. The third-order valence-electron chi connectivity index (χ3n) is 6.64. The van der Waals surface area contributed by atoms with E-state index in [-0.39, 0.29) is 5.92 Å². The fourth-order valence-electron chi connectivity index (χ4n) is 5.07. The molecule has 1 fully saturated rings. The number of aryl methyl sites for hydroxylation is 2. The van der Waals surface area contributed by atoms with Gasteiger partial charge in [-0.05, 0) is 92.9 Å². The molecule has 0 saturated carbocycles. The zero-order valence-electron chi connectivity index (χ0n) is 16.6. The average Bonchev–Trinajstić information content (AvgIpc) is 2.83. The van der Waals surface area contributed by atoms with Gasteiger partial charge in [-0.1, -0.05) is 30.3 Å². The summed E-state index contributed by atoms with van der Waals surface area (Å²) >= 11 is 0. The Hall–Kier alpha value is -1.81. The van der Waals surface area contributed by atoms with Gasteiger partial charge in [-0.3, -0.25) is 0 Å². The summed E-state index contributed by atoms with van der Waals surface area (Å²) in [5.74, 6) is 0.446. The van der Waals surface area contributed by atoms with E-state index in [2.05, 4.69) is 30.9 Å². The molecule has 28 heavy (non-hydrogen) atoms. The van der Waals surface area contributed by atoms with Crippen molar-refractivity contribution in [3.63, 3.8) is 0 Å². The highest BCUT2D eigenvalue weighted by Crippen LogP contribution is 2.44. The maximum atomic E-state index is 13.5. The van der Waals surface area contributed by atoms with Crippen LogP contribution in [0, 0.1) is 5.92 Å². The van der Waals surface area contributed by atoms with Gasteiger partial charge in [-0.25, -0.2) is 0 Å².